The lowest BCUT2D eigenvalue weighted by atomic mass is 10.1. The van der Waals surface area contributed by atoms with E-state index in [-0.39, 0.29) is 6.04 Å². The predicted octanol–water partition coefficient (Wildman–Crippen LogP) is 0.695. The number of nitrogens with two attached hydrogens (primary N) is 2. The largest absolute Gasteiger partial charge is 0.368 e. The van der Waals surface area contributed by atoms with Gasteiger partial charge in [0.05, 0.1) is 5.56 Å². The van der Waals surface area contributed by atoms with Gasteiger partial charge in [0.15, 0.2) is 0 Å². The van der Waals surface area contributed by atoms with E-state index in [1.165, 1.54) is 0 Å². The van der Waals surface area contributed by atoms with Gasteiger partial charge in [-0.2, -0.15) is 0 Å². The number of nitrogens with zero attached hydrogens (tertiary/aromatic N) is 1. The van der Waals surface area contributed by atoms with Crippen molar-refractivity contribution in [2.75, 3.05) is 18.0 Å². The minimum absolute atomic E-state index is 0.264. The van der Waals surface area contributed by atoms with Gasteiger partial charge in [0.2, 0.25) is 5.91 Å². The van der Waals surface area contributed by atoms with Crippen molar-refractivity contribution in [3.05, 3.63) is 28.2 Å². The van der Waals surface area contributed by atoms with E-state index in [1.54, 1.807) is 6.07 Å². The van der Waals surface area contributed by atoms with Crippen LogP contribution in [-0.4, -0.2) is 25.0 Å². The van der Waals surface area contributed by atoms with E-state index >= 15 is 0 Å². The molecule has 0 atom stereocenters. The number of benzene rings is 1. The maximum absolute atomic E-state index is 11.0. The summed E-state index contributed by atoms with van der Waals surface area (Å²) in [4.78, 5) is 13.2. The van der Waals surface area contributed by atoms with Gasteiger partial charge >= 0.3 is 0 Å². The van der Waals surface area contributed by atoms with Gasteiger partial charge in [0.25, 0.3) is 0 Å². The molecule has 1 aliphatic heterocycles. The van der Waals surface area contributed by atoms with Crippen molar-refractivity contribution < 1.29 is 4.79 Å². The molecule has 0 aliphatic carbocycles. The Morgan fingerprint density at radius 3 is 2.60 bits per heavy atom. The summed E-state index contributed by atoms with van der Waals surface area (Å²) in [5, 5.41) is 0. The molecule has 1 fully saturated rings. The summed E-state index contributed by atoms with van der Waals surface area (Å²) < 4.78 is 0.730. The van der Waals surface area contributed by atoms with Gasteiger partial charge in [-0.15, -0.1) is 0 Å². The van der Waals surface area contributed by atoms with Crippen molar-refractivity contribution in [3.63, 3.8) is 0 Å². The smallest absolute Gasteiger partial charge is 0.249 e. The van der Waals surface area contributed by atoms with Crippen LogP contribution in [0.1, 0.15) is 10.4 Å². The van der Waals surface area contributed by atoms with Crippen molar-refractivity contribution in [1.29, 1.82) is 0 Å². The molecule has 2 rings (SSSR count). The van der Waals surface area contributed by atoms with Crippen LogP contribution in [0.4, 0.5) is 5.69 Å². The zero-order valence-corrected chi connectivity index (χ0v) is 9.70. The molecule has 1 aromatic rings. The summed E-state index contributed by atoms with van der Waals surface area (Å²) in [5.41, 5.74) is 12.5. The van der Waals surface area contributed by atoms with E-state index in [2.05, 4.69) is 20.8 Å². The Labute approximate surface area is 96.4 Å². The third-order valence-electron chi connectivity index (χ3n) is 2.49. The second-order valence-corrected chi connectivity index (χ2v) is 4.55. The first kappa shape index (κ1) is 10.4. The fourth-order valence-corrected chi connectivity index (χ4v) is 2.19. The highest BCUT2D eigenvalue weighted by molar-refractivity contribution is 9.10. The topological polar surface area (TPSA) is 72.4 Å². The minimum atomic E-state index is -0.422. The zero-order chi connectivity index (χ0) is 11.0. The van der Waals surface area contributed by atoms with Crippen LogP contribution in [0.2, 0.25) is 0 Å². The summed E-state index contributed by atoms with van der Waals surface area (Å²) in [6.07, 6.45) is 0. The molecule has 0 spiro atoms. The first-order chi connectivity index (χ1) is 7.08. The van der Waals surface area contributed by atoms with Crippen LogP contribution in [0.3, 0.4) is 0 Å². The molecule has 1 aromatic carbocycles. The summed E-state index contributed by atoms with van der Waals surface area (Å²) in [6, 6.07) is 5.77. The van der Waals surface area contributed by atoms with E-state index in [9.17, 15) is 4.79 Å². The van der Waals surface area contributed by atoms with E-state index in [1.807, 2.05) is 12.1 Å². The molecule has 1 aliphatic rings. The lowest BCUT2D eigenvalue weighted by molar-refractivity contribution is 0.0999. The van der Waals surface area contributed by atoms with Gasteiger partial charge in [-0.3, -0.25) is 4.79 Å². The van der Waals surface area contributed by atoms with Crippen LogP contribution in [-0.2, 0) is 0 Å². The number of halogens is 1. The van der Waals surface area contributed by atoms with Crippen LogP contribution in [0, 0.1) is 0 Å². The maximum Gasteiger partial charge on any atom is 0.249 e. The molecule has 1 heterocycles. The van der Waals surface area contributed by atoms with E-state index in [4.69, 9.17) is 11.5 Å². The molecule has 5 heteroatoms. The Bertz CT molecular complexity index is 402. The van der Waals surface area contributed by atoms with Crippen molar-refractivity contribution >= 4 is 27.5 Å². The zero-order valence-electron chi connectivity index (χ0n) is 8.11. The van der Waals surface area contributed by atoms with Crippen LogP contribution < -0.4 is 16.4 Å². The number of anilines is 1. The number of hydrogen-bond donors (Lipinski definition) is 2. The summed E-state index contributed by atoms with van der Waals surface area (Å²) >= 11 is 3.33. The molecule has 4 nitrogen and oxygen atoms in total. The number of amides is 1. The third kappa shape index (κ3) is 1.98. The van der Waals surface area contributed by atoms with Gasteiger partial charge in [0.1, 0.15) is 0 Å². The lowest BCUT2D eigenvalue weighted by Crippen LogP contribution is -2.55. The second kappa shape index (κ2) is 3.83. The summed E-state index contributed by atoms with van der Waals surface area (Å²) in [7, 11) is 0. The SMILES string of the molecule is NC(=O)c1ccc(N2CC(N)C2)cc1Br. The molecular formula is C10H12BrN3O. The van der Waals surface area contributed by atoms with Gasteiger partial charge < -0.3 is 16.4 Å². The average molecular weight is 270 g/mol. The molecule has 0 unspecified atom stereocenters. The fourth-order valence-electron chi connectivity index (χ4n) is 1.62. The number of carbonyl (C=O) groups excluding carboxylic acids is 1. The molecular weight excluding hydrogens is 258 g/mol. The van der Waals surface area contributed by atoms with E-state index < -0.39 is 5.91 Å². The molecule has 1 amide bonds. The van der Waals surface area contributed by atoms with Gasteiger partial charge in [0, 0.05) is 29.3 Å². The number of rotatable bonds is 2. The monoisotopic (exact) mass is 269 g/mol. The molecule has 0 bridgehead atoms. The predicted molar refractivity (Wildman–Crippen MR) is 62.8 cm³/mol. The van der Waals surface area contributed by atoms with Crippen LogP contribution >= 0.6 is 15.9 Å². The molecule has 15 heavy (non-hydrogen) atoms. The quantitative estimate of drug-likeness (QED) is 0.830. The number of primary amides is 1. The first-order valence-electron chi connectivity index (χ1n) is 4.68. The molecule has 1 saturated heterocycles. The van der Waals surface area contributed by atoms with Crippen molar-refractivity contribution in [2.24, 2.45) is 11.5 Å². The van der Waals surface area contributed by atoms with Crippen LogP contribution in [0.15, 0.2) is 22.7 Å². The summed E-state index contributed by atoms with van der Waals surface area (Å²) in [5.74, 6) is -0.422. The fraction of sp³-hybridized carbons (Fsp3) is 0.300. The van der Waals surface area contributed by atoms with Crippen LogP contribution in [0.5, 0.6) is 0 Å². The first-order valence-corrected chi connectivity index (χ1v) is 5.47. The highest BCUT2D eigenvalue weighted by atomic mass is 79.9. The maximum atomic E-state index is 11.0. The molecule has 4 N–H and O–H groups in total. The van der Waals surface area contributed by atoms with Crippen molar-refractivity contribution in [2.45, 2.75) is 6.04 Å². The standard InChI is InChI=1S/C10H12BrN3O/c11-9-3-7(14-4-6(12)5-14)1-2-8(9)10(13)15/h1-3,6H,4-5,12H2,(H2,13,15). The Morgan fingerprint density at radius 1 is 1.47 bits per heavy atom. The van der Waals surface area contributed by atoms with Crippen molar-refractivity contribution in [1.82, 2.24) is 0 Å². The molecule has 0 radical (unpaired) electrons. The second-order valence-electron chi connectivity index (χ2n) is 3.69. The Morgan fingerprint density at radius 2 is 2.13 bits per heavy atom. The lowest BCUT2D eigenvalue weighted by Gasteiger charge is -2.39. The van der Waals surface area contributed by atoms with Gasteiger partial charge in [-0.1, -0.05) is 0 Å². The number of carbonyl (C=O) groups is 1. The Kier molecular flexibility index (Phi) is 2.67. The Balaban J connectivity index is 2.22. The molecule has 0 saturated carbocycles. The normalized spacial score (nSPS) is 16.3. The van der Waals surface area contributed by atoms with Gasteiger partial charge in [-0.05, 0) is 34.1 Å². The van der Waals surface area contributed by atoms with Crippen LogP contribution in [0.25, 0.3) is 0 Å². The third-order valence-corrected chi connectivity index (χ3v) is 3.15. The average Bonchev–Trinajstić information content (AvgIpc) is 2.12. The highest BCUT2D eigenvalue weighted by Crippen LogP contribution is 2.26. The molecule has 0 aromatic heterocycles. The van der Waals surface area contributed by atoms with Gasteiger partial charge in [-0.25, -0.2) is 0 Å². The minimum Gasteiger partial charge on any atom is -0.368 e. The highest BCUT2D eigenvalue weighted by Gasteiger charge is 2.23. The summed E-state index contributed by atoms with van der Waals surface area (Å²) in [6.45, 7) is 1.73. The Hall–Kier alpha value is -1.07. The number of hydrogen-bond acceptors (Lipinski definition) is 3. The van der Waals surface area contributed by atoms with E-state index in [0.717, 1.165) is 23.2 Å². The van der Waals surface area contributed by atoms with Crippen molar-refractivity contribution in [3.8, 4) is 0 Å². The van der Waals surface area contributed by atoms with E-state index in [0.29, 0.717) is 5.56 Å². The molecule has 80 valence electrons.